The Hall–Kier alpha value is -2.67. The van der Waals surface area contributed by atoms with Crippen molar-refractivity contribution in [1.82, 2.24) is 4.98 Å². The lowest BCUT2D eigenvalue weighted by Crippen LogP contribution is -2.29. The molecule has 2 aromatic rings. The van der Waals surface area contributed by atoms with Crippen LogP contribution in [0.4, 0.5) is 5.82 Å². The second kappa shape index (κ2) is 6.09. The van der Waals surface area contributed by atoms with Gasteiger partial charge in [0, 0.05) is 25.6 Å². The lowest BCUT2D eigenvalue weighted by atomic mass is 9.75. The van der Waals surface area contributed by atoms with Gasteiger partial charge in [-0.1, -0.05) is 44.2 Å². The molecule has 1 aromatic carbocycles. The highest BCUT2D eigenvalue weighted by molar-refractivity contribution is 5.99. The van der Waals surface area contributed by atoms with E-state index in [-0.39, 0.29) is 11.2 Å². The highest BCUT2D eigenvalue weighted by Crippen LogP contribution is 2.35. The number of aromatic nitrogens is 1. The Kier molecular flexibility index (Phi) is 4.11. The van der Waals surface area contributed by atoms with Crippen molar-refractivity contribution in [3.8, 4) is 6.07 Å². The van der Waals surface area contributed by atoms with Crippen LogP contribution in [-0.4, -0.2) is 17.8 Å². The van der Waals surface area contributed by atoms with E-state index in [0.29, 0.717) is 29.9 Å². The van der Waals surface area contributed by atoms with Gasteiger partial charge in [0.15, 0.2) is 5.78 Å². The van der Waals surface area contributed by atoms with Crippen molar-refractivity contribution in [2.45, 2.75) is 33.2 Å². The molecule has 0 atom stereocenters. The fraction of sp³-hybridized carbons (Fsp3) is 0.350. The first-order chi connectivity index (χ1) is 11.4. The van der Waals surface area contributed by atoms with Crippen molar-refractivity contribution in [2.75, 3.05) is 11.9 Å². The van der Waals surface area contributed by atoms with Crippen LogP contribution in [0.3, 0.4) is 0 Å². The molecule has 0 amide bonds. The van der Waals surface area contributed by atoms with Gasteiger partial charge in [-0.05, 0) is 23.5 Å². The summed E-state index contributed by atoms with van der Waals surface area (Å²) in [5.74, 6) is 0.730. The highest BCUT2D eigenvalue weighted by Gasteiger charge is 2.33. The Morgan fingerprint density at radius 1 is 1.25 bits per heavy atom. The van der Waals surface area contributed by atoms with E-state index >= 15 is 0 Å². The van der Waals surface area contributed by atoms with Crippen molar-refractivity contribution in [1.29, 1.82) is 5.26 Å². The minimum Gasteiger partial charge on any atom is -0.354 e. The number of nitrogens with zero attached hydrogens (tertiary/aromatic N) is 3. The average Bonchev–Trinajstić information content (AvgIpc) is 2.53. The molecule has 24 heavy (non-hydrogen) atoms. The van der Waals surface area contributed by atoms with Gasteiger partial charge in [-0.2, -0.15) is 5.26 Å². The molecule has 0 saturated carbocycles. The minimum absolute atomic E-state index is 0.0828. The van der Waals surface area contributed by atoms with Crippen molar-refractivity contribution in [3.63, 3.8) is 0 Å². The molecule has 0 N–H and O–H groups in total. The third-order valence-electron chi connectivity index (χ3n) is 4.41. The van der Waals surface area contributed by atoms with E-state index in [1.165, 1.54) is 0 Å². The number of hydrogen-bond acceptors (Lipinski definition) is 4. The molecule has 1 aromatic heterocycles. The Bertz CT molecular complexity index is 819. The number of benzene rings is 1. The molecule has 122 valence electrons. The fourth-order valence-electron chi connectivity index (χ4n) is 3.27. The molecule has 1 aliphatic carbocycles. The number of rotatable bonds is 3. The highest BCUT2D eigenvalue weighted by atomic mass is 16.1. The minimum atomic E-state index is -0.0828. The van der Waals surface area contributed by atoms with E-state index in [1.807, 2.05) is 42.3 Å². The van der Waals surface area contributed by atoms with Gasteiger partial charge in [0.25, 0.3) is 0 Å². The van der Waals surface area contributed by atoms with Gasteiger partial charge in [-0.3, -0.25) is 4.79 Å². The summed E-state index contributed by atoms with van der Waals surface area (Å²) in [5, 5.41) is 9.50. The summed E-state index contributed by atoms with van der Waals surface area (Å²) < 4.78 is 0. The first-order valence-corrected chi connectivity index (χ1v) is 8.12. The monoisotopic (exact) mass is 319 g/mol. The van der Waals surface area contributed by atoms with Crippen LogP contribution in [0, 0.1) is 16.7 Å². The maximum atomic E-state index is 12.4. The van der Waals surface area contributed by atoms with Gasteiger partial charge >= 0.3 is 0 Å². The molecule has 0 aliphatic heterocycles. The van der Waals surface area contributed by atoms with Crippen LogP contribution in [-0.2, 0) is 13.0 Å². The smallest absolute Gasteiger partial charge is 0.165 e. The molecule has 4 nitrogen and oxygen atoms in total. The number of hydrogen-bond donors (Lipinski definition) is 0. The van der Waals surface area contributed by atoms with Crippen LogP contribution in [0.1, 0.15) is 47.4 Å². The van der Waals surface area contributed by atoms with Crippen LogP contribution in [0.15, 0.2) is 36.4 Å². The lowest BCUT2D eigenvalue weighted by molar-refractivity contribution is 0.0910. The van der Waals surface area contributed by atoms with E-state index in [1.54, 1.807) is 6.07 Å². The molecule has 0 saturated heterocycles. The Labute approximate surface area is 142 Å². The Balaban J connectivity index is 1.99. The molecule has 0 fully saturated rings. The molecule has 0 unspecified atom stereocenters. The van der Waals surface area contributed by atoms with Gasteiger partial charge in [0.1, 0.15) is 11.9 Å². The summed E-state index contributed by atoms with van der Waals surface area (Å²) in [6.45, 7) is 4.83. The number of nitriles is 1. The number of Topliss-reactive ketones (excluding diaryl/α,β-unsaturated/α-hetero) is 1. The summed E-state index contributed by atoms with van der Waals surface area (Å²) in [6.07, 6.45) is 1.26. The lowest BCUT2D eigenvalue weighted by Gasteiger charge is -2.30. The van der Waals surface area contributed by atoms with E-state index in [2.05, 4.69) is 19.9 Å². The second-order valence-electron chi connectivity index (χ2n) is 7.25. The molecule has 1 aliphatic rings. The molecule has 3 rings (SSSR count). The standard InChI is InChI=1S/C20H21N3O/c1-20(2)10-17-16(18(24)11-20)9-15(12-21)19(22-17)23(3)13-14-7-5-4-6-8-14/h4-9H,10-11,13H2,1-3H3. The summed E-state index contributed by atoms with van der Waals surface area (Å²) in [6, 6.07) is 14.0. The predicted molar refractivity (Wildman–Crippen MR) is 93.9 cm³/mol. The molecule has 1 heterocycles. The van der Waals surface area contributed by atoms with Gasteiger partial charge in [0.2, 0.25) is 0 Å². The number of anilines is 1. The maximum Gasteiger partial charge on any atom is 0.165 e. The van der Waals surface area contributed by atoms with Crippen LogP contribution in [0.25, 0.3) is 0 Å². The quantitative estimate of drug-likeness (QED) is 0.864. The molecule has 0 radical (unpaired) electrons. The van der Waals surface area contributed by atoms with E-state index in [0.717, 1.165) is 17.7 Å². The SMILES string of the molecule is CN(Cc1ccccc1)c1nc2c(cc1C#N)C(=O)CC(C)(C)C2. The second-order valence-corrected chi connectivity index (χ2v) is 7.25. The Morgan fingerprint density at radius 3 is 2.62 bits per heavy atom. The normalized spacial score (nSPS) is 15.5. The number of pyridine rings is 1. The zero-order valence-electron chi connectivity index (χ0n) is 14.3. The summed E-state index contributed by atoms with van der Waals surface area (Å²) in [5.41, 5.74) is 2.95. The van der Waals surface area contributed by atoms with Crippen molar-refractivity contribution in [2.24, 2.45) is 5.41 Å². The number of fused-ring (bicyclic) bond motifs is 1. The van der Waals surface area contributed by atoms with Crippen LogP contribution in [0.5, 0.6) is 0 Å². The molecular formula is C20H21N3O. The largest absolute Gasteiger partial charge is 0.354 e. The molecular weight excluding hydrogens is 298 g/mol. The zero-order chi connectivity index (χ0) is 17.3. The maximum absolute atomic E-state index is 12.4. The Morgan fingerprint density at radius 2 is 1.96 bits per heavy atom. The molecule has 0 spiro atoms. The molecule has 4 heteroatoms. The first-order valence-electron chi connectivity index (χ1n) is 8.12. The fourth-order valence-corrected chi connectivity index (χ4v) is 3.27. The van der Waals surface area contributed by atoms with Crippen LogP contribution in [0.2, 0.25) is 0 Å². The van der Waals surface area contributed by atoms with Crippen molar-refractivity contribution < 1.29 is 4.79 Å². The third kappa shape index (κ3) is 3.16. The average molecular weight is 319 g/mol. The van der Waals surface area contributed by atoms with Crippen LogP contribution < -0.4 is 4.90 Å². The number of carbonyl (C=O) groups is 1. The van der Waals surface area contributed by atoms with Crippen molar-refractivity contribution in [3.05, 3.63) is 58.8 Å². The van der Waals surface area contributed by atoms with Crippen molar-refractivity contribution >= 4 is 11.6 Å². The van der Waals surface area contributed by atoms with Gasteiger partial charge in [-0.15, -0.1) is 0 Å². The van der Waals surface area contributed by atoms with E-state index < -0.39 is 0 Å². The van der Waals surface area contributed by atoms with Gasteiger partial charge in [0.05, 0.1) is 11.3 Å². The summed E-state index contributed by atoms with van der Waals surface area (Å²) in [7, 11) is 1.93. The van der Waals surface area contributed by atoms with E-state index in [4.69, 9.17) is 4.98 Å². The number of ketones is 1. The zero-order valence-corrected chi connectivity index (χ0v) is 14.3. The topological polar surface area (TPSA) is 57.0 Å². The van der Waals surface area contributed by atoms with E-state index in [9.17, 15) is 10.1 Å². The number of carbonyl (C=O) groups excluding carboxylic acids is 1. The van der Waals surface area contributed by atoms with Gasteiger partial charge in [-0.25, -0.2) is 4.98 Å². The first kappa shape index (κ1) is 16.2. The summed E-state index contributed by atoms with van der Waals surface area (Å²) >= 11 is 0. The van der Waals surface area contributed by atoms with Gasteiger partial charge < -0.3 is 4.90 Å². The summed E-state index contributed by atoms with van der Waals surface area (Å²) in [4.78, 5) is 19.1. The predicted octanol–water partition coefficient (Wildman–Crippen LogP) is 3.74. The third-order valence-corrected chi connectivity index (χ3v) is 4.41. The van der Waals surface area contributed by atoms with Crippen LogP contribution >= 0.6 is 0 Å². The molecule has 0 bridgehead atoms.